The number of carbonyl (C=O) groups excluding carboxylic acids is 1. The molecule has 172 valence electrons. The van der Waals surface area contributed by atoms with Gasteiger partial charge in [0.15, 0.2) is 11.0 Å². The monoisotopic (exact) mass is 487 g/mol. The van der Waals surface area contributed by atoms with E-state index in [0.29, 0.717) is 40.4 Å². The molecule has 0 spiro atoms. The Hall–Kier alpha value is -2.95. The van der Waals surface area contributed by atoms with Gasteiger partial charge in [-0.05, 0) is 49.6 Å². The average molecular weight is 488 g/mol. The Morgan fingerprint density at radius 3 is 2.79 bits per heavy atom. The molecule has 3 aromatic rings. The largest absolute Gasteiger partial charge is 0.376 e. The number of nitrogens with zero attached hydrogens (tertiary/aromatic N) is 4. The first kappa shape index (κ1) is 23.2. The molecule has 2 heterocycles. The third-order valence-corrected chi connectivity index (χ3v) is 6.71. The lowest BCUT2D eigenvalue weighted by molar-refractivity contribution is -0.384. The van der Waals surface area contributed by atoms with Gasteiger partial charge in [0.2, 0.25) is 5.91 Å². The van der Waals surface area contributed by atoms with Crippen LogP contribution in [-0.2, 0) is 16.1 Å². The second-order valence-corrected chi connectivity index (χ2v) is 8.95. The zero-order chi connectivity index (χ0) is 23.4. The third kappa shape index (κ3) is 5.52. The van der Waals surface area contributed by atoms with Crippen molar-refractivity contribution in [2.24, 2.45) is 0 Å². The summed E-state index contributed by atoms with van der Waals surface area (Å²) < 4.78 is 7.70. The van der Waals surface area contributed by atoms with E-state index in [9.17, 15) is 14.9 Å². The fourth-order valence-corrected chi connectivity index (χ4v) is 4.48. The lowest BCUT2D eigenvalue weighted by Crippen LogP contribution is -2.18. The molecule has 1 aliphatic heterocycles. The Bertz CT molecular complexity index is 1160. The summed E-state index contributed by atoms with van der Waals surface area (Å²) in [6.07, 6.45) is 1.94. The number of non-ortho nitro benzene ring substituents is 1. The van der Waals surface area contributed by atoms with Crippen LogP contribution in [0.25, 0.3) is 11.4 Å². The number of thioether (sulfide) groups is 1. The van der Waals surface area contributed by atoms with Gasteiger partial charge in [-0.25, -0.2) is 0 Å². The summed E-state index contributed by atoms with van der Waals surface area (Å²) in [5.74, 6) is 0.526. The minimum atomic E-state index is -0.442. The van der Waals surface area contributed by atoms with Crippen molar-refractivity contribution < 1.29 is 14.5 Å². The van der Waals surface area contributed by atoms with Crippen molar-refractivity contribution in [2.45, 2.75) is 37.6 Å². The highest BCUT2D eigenvalue weighted by molar-refractivity contribution is 7.99. The van der Waals surface area contributed by atoms with E-state index >= 15 is 0 Å². The number of carbonyl (C=O) groups is 1. The van der Waals surface area contributed by atoms with Crippen molar-refractivity contribution in [1.82, 2.24) is 14.8 Å². The number of rotatable bonds is 8. The van der Waals surface area contributed by atoms with Crippen molar-refractivity contribution in [2.75, 3.05) is 17.7 Å². The van der Waals surface area contributed by atoms with E-state index in [0.717, 1.165) is 18.4 Å². The van der Waals surface area contributed by atoms with Crippen LogP contribution in [0.15, 0.2) is 47.6 Å². The molecule has 2 aromatic carbocycles. The molecule has 0 saturated carbocycles. The van der Waals surface area contributed by atoms with Gasteiger partial charge in [0.1, 0.15) is 0 Å². The van der Waals surface area contributed by atoms with Crippen molar-refractivity contribution in [3.8, 4) is 11.4 Å². The van der Waals surface area contributed by atoms with Gasteiger partial charge < -0.3 is 10.1 Å². The maximum Gasteiger partial charge on any atom is 0.269 e. The van der Waals surface area contributed by atoms with Gasteiger partial charge >= 0.3 is 0 Å². The number of halogens is 1. The molecule has 0 unspecified atom stereocenters. The highest BCUT2D eigenvalue weighted by Gasteiger charge is 2.22. The predicted molar refractivity (Wildman–Crippen MR) is 127 cm³/mol. The van der Waals surface area contributed by atoms with E-state index in [1.807, 2.05) is 11.5 Å². The van der Waals surface area contributed by atoms with Crippen LogP contribution in [0.3, 0.4) is 0 Å². The minimum Gasteiger partial charge on any atom is -0.376 e. The molecule has 1 fully saturated rings. The Labute approximate surface area is 199 Å². The smallest absolute Gasteiger partial charge is 0.269 e. The highest BCUT2D eigenvalue weighted by Crippen LogP contribution is 2.28. The topological polar surface area (TPSA) is 112 Å². The molecule has 1 amide bonds. The number of aromatic nitrogens is 3. The van der Waals surface area contributed by atoms with E-state index < -0.39 is 4.92 Å². The molecule has 0 radical (unpaired) electrons. The number of hydrogen-bond donors (Lipinski definition) is 1. The lowest BCUT2D eigenvalue weighted by Gasteiger charge is -2.15. The van der Waals surface area contributed by atoms with Crippen LogP contribution in [0.1, 0.15) is 18.4 Å². The van der Waals surface area contributed by atoms with Crippen LogP contribution in [0.4, 0.5) is 11.4 Å². The quantitative estimate of drug-likeness (QED) is 0.278. The first-order valence-electron chi connectivity index (χ1n) is 10.4. The van der Waals surface area contributed by atoms with E-state index in [-0.39, 0.29) is 23.5 Å². The van der Waals surface area contributed by atoms with Gasteiger partial charge in [-0.1, -0.05) is 29.4 Å². The van der Waals surface area contributed by atoms with Crippen LogP contribution >= 0.6 is 23.4 Å². The standard InChI is InChI=1S/C22H22ClN5O4S/c1-14-18(23)5-2-6-19(14)24-20(29)13-33-22-26-25-21(27(22)12-17-4-3-11-32-17)15-7-9-16(10-8-15)28(30)31/h2,5-10,17H,3-4,11-13H2,1H3,(H,24,29)/t17-/m0/s1. The summed E-state index contributed by atoms with van der Waals surface area (Å²) in [6.45, 7) is 3.10. The summed E-state index contributed by atoms with van der Waals surface area (Å²) in [7, 11) is 0. The van der Waals surface area contributed by atoms with Crippen molar-refractivity contribution in [1.29, 1.82) is 0 Å². The third-order valence-electron chi connectivity index (χ3n) is 5.34. The number of benzene rings is 2. The van der Waals surface area contributed by atoms with Crippen LogP contribution in [0, 0.1) is 17.0 Å². The first-order valence-corrected chi connectivity index (χ1v) is 11.8. The molecule has 4 rings (SSSR count). The summed E-state index contributed by atoms with van der Waals surface area (Å²) in [5, 5.41) is 23.6. The fourth-order valence-electron chi connectivity index (χ4n) is 3.56. The second-order valence-electron chi connectivity index (χ2n) is 7.61. The Morgan fingerprint density at radius 2 is 2.09 bits per heavy atom. The summed E-state index contributed by atoms with van der Waals surface area (Å²) >= 11 is 7.40. The lowest BCUT2D eigenvalue weighted by atomic mass is 10.2. The van der Waals surface area contributed by atoms with Crippen LogP contribution in [-0.4, -0.2) is 44.1 Å². The number of nitro benzene ring substituents is 1. The molecular weight excluding hydrogens is 466 g/mol. The Balaban J connectivity index is 1.52. The molecule has 1 aromatic heterocycles. The number of ether oxygens (including phenoxy) is 1. The minimum absolute atomic E-state index is 0.00604. The van der Waals surface area contributed by atoms with Gasteiger partial charge in [0.05, 0.1) is 23.3 Å². The molecule has 1 saturated heterocycles. The molecule has 0 aliphatic carbocycles. The normalized spacial score (nSPS) is 15.5. The SMILES string of the molecule is Cc1c(Cl)cccc1NC(=O)CSc1nnc(-c2ccc([N+](=O)[O-])cc2)n1C[C@@H]1CCCO1. The van der Waals surface area contributed by atoms with Gasteiger partial charge in [0.25, 0.3) is 5.69 Å². The van der Waals surface area contributed by atoms with Crippen LogP contribution in [0.5, 0.6) is 0 Å². The molecular formula is C22H22ClN5O4S. The van der Waals surface area contributed by atoms with Crippen molar-refractivity contribution >= 4 is 40.6 Å². The molecule has 33 heavy (non-hydrogen) atoms. The van der Waals surface area contributed by atoms with Crippen LogP contribution < -0.4 is 5.32 Å². The number of anilines is 1. The van der Waals surface area contributed by atoms with Gasteiger partial charge in [0, 0.05) is 35.0 Å². The molecule has 1 atom stereocenters. The predicted octanol–water partition coefficient (Wildman–Crippen LogP) is 4.72. The van der Waals surface area contributed by atoms with Gasteiger partial charge in [-0.2, -0.15) is 0 Å². The number of hydrogen-bond acceptors (Lipinski definition) is 7. The zero-order valence-electron chi connectivity index (χ0n) is 17.9. The zero-order valence-corrected chi connectivity index (χ0v) is 19.4. The number of nitrogens with one attached hydrogen (secondary N) is 1. The second kappa shape index (κ2) is 10.3. The summed E-state index contributed by atoms with van der Waals surface area (Å²) in [6, 6.07) is 11.5. The maximum absolute atomic E-state index is 12.6. The van der Waals surface area contributed by atoms with Gasteiger partial charge in [-0.15, -0.1) is 10.2 Å². The molecule has 1 N–H and O–H groups in total. The van der Waals surface area contributed by atoms with Crippen molar-refractivity contribution in [3.63, 3.8) is 0 Å². The maximum atomic E-state index is 12.6. The Morgan fingerprint density at radius 1 is 1.30 bits per heavy atom. The van der Waals surface area contributed by atoms with Gasteiger partial charge in [-0.3, -0.25) is 19.5 Å². The van der Waals surface area contributed by atoms with E-state index in [4.69, 9.17) is 16.3 Å². The van der Waals surface area contributed by atoms with E-state index in [2.05, 4.69) is 15.5 Å². The summed E-state index contributed by atoms with van der Waals surface area (Å²) in [4.78, 5) is 23.1. The molecule has 1 aliphatic rings. The Kier molecular flexibility index (Phi) is 7.26. The summed E-state index contributed by atoms with van der Waals surface area (Å²) in [5.41, 5.74) is 2.18. The molecule has 9 nitrogen and oxygen atoms in total. The van der Waals surface area contributed by atoms with Crippen LogP contribution in [0.2, 0.25) is 5.02 Å². The number of nitro groups is 1. The fraction of sp³-hybridized carbons (Fsp3) is 0.318. The number of amides is 1. The van der Waals surface area contributed by atoms with E-state index in [1.165, 1.54) is 23.9 Å². The average Bonchev–Trinajstić information content (AvgIpc) is 3.46. The highest BCUT2D eigenvalue weighted by atomic mass is 35.5. The van der Waals surface area contributed by atoms with E-state index in [1.54, 1.807) is 30.3 Å². The molecule has 11 heteroatoms. The molecule has 0 bridgehead atoms. The first-order chi connectivity index (χ1) is 15.9. The van der Waals surface area contributed by atoms with Crippen molar-refractivity contribution in [3.05, 3.63) is 63.2 Å².